The smallest absolute Gasteiger partial charge is 0.421 e. The van der Waals surface area contributed by atoms with Crippen molar-refractivity contribution >= 4 is 52.6 Å². The lowest BCUT2D eigenvalue weighted by atomic mass is 10.1. The van der Waals surface area contributed by atoms with E-state index in [1.54, 1.807) is 6.07 Å². The molecule has 0 saturated carbocycles. The Bertz CT molecular complexity index is 1340. The maximum absolute atomic E-state index is 13.7. The van der Waals surface area contributed by atoms with Crippen LogP contribution in [0.4, 0.5) is 36.3 Å². The predicted molar refractivity (Wildman–Crippen MR) is 130 cm³/mol. The Morgan fingerprint density at radius 1 is 1.14 bits per heavy atom. The number of amides is 1. The van der Waals surface area contributed by atoms with Crippen molar-refractivity contribution in [1.29, 1.82) is 0 Å². The van der Waals surface area contributed by atoms with Gasteiger partial charge in [-0.15, -0.1) is 0 Å². The second-order valence-electron chi connectivity index (χ2n) is 7.33. The molecule has 10 nitrogen and oxygen atoms in total. The van der Waals surface area contributed by atoms with E-state index in [0.717, 1.165) is 0 Å². The summed E-state index contributed by atoms with van der Waals surface area (Å²) in [7, 11) is -1.62. The summed E-state index contributed by atoms with van der Waals surface area (Å²) in [4.78, 5) is 38.3. The monoisotopic (exact) mass is 589 g/mol. The van der Waals surface area contributed by atoms with E-state index in [1.807, 2.05) is 0 Å². The average molecular weight is 590 g/mol. The minimum atomic E-state index is -4.80. The van der Waals surface area contributed by atoms with Crippen LogP contribution in [0.2, 0.25) is 0 Å². The molecule has 0 spiro atoms. The molecular formula is C21H20BrF3N5O5P. The number of nitrogens with one attached hydrogen (secondary N) is 3. The third-order valence-corrected chi connectivity index (χ3v) is 5.97. The fraction of sp³-hybridized carbons (Fsp3) is 0.190. The molecule has 5 N–H and O–H groups in total. The molecule has 0 bridgehead atoms. The zero-order valence-corrected chi connectivity index (χ0v) is 21.2. The number of carbonyl (C=O) groups excluding carboxylic acids is 1. The zero-order valence-electron chi connectivity index (χ0n) is 18.7. The first-order valence-corrected chi connectivity index (χ1v) is 12.6. The highest BCUT2D eigenvalue weighted by molar-refractivity contribution is 9.10. The van der Waals surface area contributed by atoms with Crippen LogP contribution in [0.25, 0.3) is 0 Å². The van der Waals surface area contributed by atoms with Crippen LogP contribution in [0.3, 0.4) is 0 Å². The van der Waals surface area contributed by atoms with Crippen LogP contribution in [0, 0.1) is 0 Å². The first-order valence-electron chi connectivity index (χ1n) is 10.0. The average Bonchev–Trinajstić information content (AvgIpc) is 2.79. The molecule has 3 rings (SSSR count). The zero-order chi connectivity index (χ0) is 26.7. The number of alkyl halides is 3. The van der Waals surface area contributed by atoms with Gasteiger partial charge < -0.3 is 30.5 Å². The van der Waals surface area contributed by atoms with Gasteiger partial charge in [-0.25, -0.2) is 4.98 Å². The topological polar surface area (TPSA) is 146 Å². The third kappa shape index (κ3) is 6.94. The molecule has 0 saturated heterocycles. The van der Waals surface area contributed by atoms with Gasteiger partial charge in [0.15, 0.2) is 0 Å². The van der Waals surface area contributed by atoms with Crippen molar-refractivity contribution < 1.29 is 37.1 Å². The quantitative estimate of drug-likeness (QED) is 0.234. The molecule has 0 fully saturated rings. The molecule has 2 aromatic carbocycles. The van der Waals surface area contributed by atoms with Crippen LogP contribution in [-0.4, -0.2) is 39.8 Å². The Morgan fingerprint density at radius 2 is 1.83 bits per heavy atom. The lowest BCUT2D eigenvalue weighted by molar-refractivity contribution is -0.137. The molecule has 1 heterocycles. The third-order valence-electron chi connectivity index (χ3n) is 4.70. The standard InChI is InChI=1S/C21H20BrF3N5O5P/c1-26-19(31)13-8-12(22)4-6-15(13)28-18-14(21(23,24)25)9-27-20(30-18)29-16-5-3-11(7-17(16)35-2)10-36(32,33)34/h3-9H,10H2,1-2H3,(H,26,31)(H2,32,33,34)(H2,27,28,29,30). The Morgan fingerprint density at radius 3 is 2.44 bits per heavy atom. The lowest BCUT2D eigenvalue weighted by Gasteiger charge is -2.17. The summed E-state index contributed by atoms with van der Waals surface area (Å²) in [5, 5.41) is 7.73. The number of benzene rings is 2. The second kappa shape index (κ2) is 10.8. The molecule has 0 unspecified atom stereocenters. The Kier molecular flexibility index (Phi) is 8.24. The SMILES string of the molecule is CNC(=O)c1cc(Br)ccc1Nc1nc(Nc2ccc(CP(=O)(O)O)cc2OC)ncc1C(F)(F)F. The van der Waals surface area contributed by atoms with Crippen LogP contribution in [0.1, 0.15) is 21.5 Å². The number of aromatic nitrogens is 2. The van der Waals surface area contributed by atoms with Crippen molar-refractivity contribution in [2.75, 3.05) is 24.8 Å². The maximum Gasteiger partial charge on any atom is 0.421 e. The summed E-state index contributed by atoms with van der Waals surface area (Å²) >= 11 is 3.23. The van der Waals surface area contributed by atoms with Gasteiger partial charge in [-0.3, -0.25) is 9.36 Å². The molecule has 15 heteroatoms. The molecule has 0 atom stereocenters. The van der Waals surface area contributed by atoms with Gasteiger partial charge in [-0.05, 0) is 35.9 Å². The number of carbonyl (C=O) groups is 1. The number of nitrogens with zero attached hydrogens (tertiary/aromatic N) is 2. The Hall–Kier alpha value is -3.19. The van der Waals surface area contributed by atoms with E-state index in [0.29, 0.717) is 16.2 Å². The molecule has 3 aromatic rings. The highest BCUT2D eigenvalue weighted by atomic mass is 79.9. The minimum Gasteiger partial charge on any atom is -0.495 e. The van der Waals surface area contributed by atoms with Crippen LogP contribution in [-0.2, 0) is 16.9 Å². The largest absolute Gasteiger partial charge is 0.495 e. The van der Waals surface area contributed by atoms with E-state index in [-0.39, 0.29) is 28.6 Å². The number of hydrogen-bond acceptors (Lipinski definition) is 7. The molecule has 0 aliphatic heterocycles. The van der Waals surface area contributed by atoms with Gasteiger partial charge >= 0.3 is 13.8 Å². The van der Waals surface area contributed by atoms with Crippen molar-refractivity contribution in [2.24, 2.45) is 0 Å². The molecule has 0 aliphatic carbocycles. The van der Waals surface area contributed by atoms with Crippen LogP contribution < -0.4 is 20.7 Å². The number of halogens is 4. The first kappa shape index (κ1) is 27.4. The summed E-state index contributed by atoms with van der Waals surface area (Å²) in [6.07, 6.45) is -4.73. The van der Waals surface area contributed by atoms with Crippen molar-refractivity contribution in [2.45, 2.75) is 12.3 Å². The van der Waals surface area contributed by atoms with E-state index in [4.69, 9.17) is 4.74 Å². The molecule has 36 heavy (non-hydrogen) atoms. The van der Waals surface area contributed by atoms with Gasteiger partial charge in [0, 0.05) is 17.7 Å². The van der Waals surface area contributed by atoms with Gasteiger partial charge in [0.05, 0.1) is 30.2 Å². The first-order chi connectivity index (χ1) is 16.8. The minimum absolute atomic E-state index is 0.0760. The lowest BCUT2D eigenvalue weighted by Crippen LogP contribution is -2.20. The van der Waals surface area contributed by atoms with E-state index in [1.165, 1.54) is 44.5 Å². The molecule has 192 valence electrons. The molecular weight excluding hydrogens is 570 g/mol. The van der Waals surface area contributed by atoms with Crippen molar-refractivity contribution in [3.8, 4) is 5.75 Å². The van der Waals surface area contributed by atoms with E-state index in [9.17, 15) is 32.3 Å². The number of ether oxygens (including phenoxy) is 1. The number of hydrogen-bond donors (Lipinski definition) is 5. The van der Waals surface area contributed by atoms with E-state index in [2.05, 4.69) is 41.8 Å². The molecule has 1 amide bonds. The summed E-state index contributed by atoms with van der Waals surface area (Å²) < 4.78 is 58.1. The van der Waals surface area contributed by atoms with E-state index < -0.39 is 37.2 Å². The van der Waals surface area contributed by atoms with Gasteiger partial charge in [-0.1, -0.05) is 22.0 Å². The van der Waals surface area contributed by atoms with Crippen molar-refractivity contribution in [1.82, 2.24) is 15.3 Å². The summed E-state index contributed by atoms with van der Waals surface area (Å²) in [5.74, 6) is -1.21. The molecule has 0 aliphatic rings. The normalized spacial score (nSPS) is 11.7. The highest BCUT2D eigenvalue weighted by Crippen LogP contribution is 2.41. The summed E-state index contributed by atoms with van der Waals surface area (Å²) in [5.41, 5.74) is -0.476. The Labute approximate surface area is 211 Å². The Balaban J connectivity index is 2.01. The van der Waals surface area contributed by atoms with Gasteiger partial charge in [0.2, 0.25) is 5.95 Å². The van der Waals surface area contributed by atoms with Gasteiger partial charge in [0.1, 0.15) is 17.1 Å². The second-order valence-corrected chi connectivity index (χ2v) is 9.89. The van der Waals surface area contributed by atoms with Crippen molar-refractivity contribution in [3.05, 3.63) is 63.8 Å². The summed E-state index contributed by atoms with van der Waals surface area (Å²) in [6, 6.07) is 8.64. The molecule has 0 radical (unpaired) electrons. The highest BCUT2D eigenvalue weighted by Gasteiger charge is 2.35. The van der Waals surface area contributed by atoms with Crippen LogP contribution >= 0.6 is 23.5 Å². The number of methoxy groups -OCH3 is 1. The predicted octanol–water partition coefficient (Wildman–Crippen LogP) is 4.79. The molecule has 1 aromatic heterocycles. The van der Waals surface area contributed by atoms with Crippen LogP contribution in [0.5, 0.6) is 5.75 Å². The van der Waals surface area contributed by atoms with Gasteiger partial charge in [0.25, 0.3) is 5.91 Å². The summed E-state index contributed by atoms with van der Waals surface area (Å²) in [6.45, 7) is 0. The van der Waals surface area contributed by atoms with E-state index >= 15 is 0 Å². The van der Waals surface area contributed by atoms with Gasteiger partial charge in [-0.2, -0.15) is 18.2 Å². The maximum atomic E-state index is 13.7. The number of anilines is 4. The van der Waals surface area contributed by atoms with Crippen LogP contribution in [0.15, 0.2) is 47.1 Å². The fourth-order valence-corrected chi connectivity index (χ4v) is 4.15. The number of rotatable bonds is 8. The fourth-order valence-electron chi connectivity index (χ4n) is 3.12. The van der Waals surface area contributed by atoms with Crippen molar-refractivity contribution in [3.63, 3.8) is 0 Å².